The van der Waals surface area contributed by atoms with Gasteiger partial charge in [-0.15, -0.1) is 22.7 Å². The van der Waals surface area contributed by atoms with E-state index in [2.05, 4.69) is 11.1 Å². The molecular weight excluding hydrogens is 416 g/mol. The fraction of sp³-hybridized carbons (Fsp3) is 0.364. The van der Waals surface area contributed by atoms with Gasteiger partial charge in [0.1, 0.15) is 9.84 Å². The van der Waals surface area contributed by atoms with Crippen molar-refractivity contribution >= 4 is 49.0 Å². The highest BCUT2D eigenvalue weighted by Crippen LogP contribution is 2.36. The molecule has 0 radical (unpaired) electrons. The van der Waals surface area contributed by atoms with Crippen molar-refractivity contribution in [3.8, 4) is 0 Å². The lowest BCUT2D eigenvalue weighted by molar-refractivity contribution is -0.132. The van der Waals surface area contributed by atoms with Gasteiger partial charge in [0.15, 0.2) is 0 Å². The highest BCUT2D eigenvalue weighted by Gasteiger charge is 2.32. The smallest absolute Gasteiger partial charge is 0.262 e. The first-order chi connectivity index (χ1) is 14.5. The molecule has 3 aromatic heterocycles. The number of hydrogen-bond acceptors (Lipinski definition) is 6. The van der Waals surface area contributed by atoms with Crippen LogP contribution in [0.25, 0.3) is 20.4 Å². The number of nitrogens with zero attached hydrogens (tertiary/aromatic N) is 4. The second-order valence-electron chi connectivity index (χ2n) is 7.72. The Morgan fingerprint density at radius 2 is 2.07 bits per heavy atom. The molecular formula is C22H22N4O2S2. The maximum Gasteiger partial charge on any atom is 0.262 e. The summed E-state index contributed by atoms with van der Waals surface area (Å²) in [5.74, 6) is 0.0713. The molecule has 1 aliphatic heterocycles. The Bertz CT molecular complexity index is 1290. The molecule has 1 saturated heterocycles. The van der Waals surface area contributed by atoms with E-state index in [0.29, 0.717) is 11.9 Å². The minimum Gasteiger partial charge on any atom is -0.333 e. The number of thiazole rings is 1. The maximum atomic E-state index is 13.0. The molecule has 0 N–H and O–H groups in total. The van der Waals surface area contributed by atoms with Crippen molar-refractivity contribution in [2.75, 3.05) is 6.54 Å². The fourth-order valence-electron chi connectivity index (χ4n) is 4.14. The highest BCUT2D eigenvalue weighted by molar-refractivity contribution is 7.19. The third kappa shape index (κ3) is 3.24. The first kappa shape index (κ1) is 19.4. The lowest BCUT2D eigenvalue weighted by Crippen LogP contribution is -2.32. The number of carbonyl (C=O) groups is 1. The van der Waals surface area contributed by atoms with Crippen LogP contribution in [0.5, 0.6) is 0 Å². The number of carbonyl (C=O) groups excluding carboxylic acids is 1. The minimum atomic E-state index is -0.0567. The Labute approximate surface area is 181 Å². The van der Waals surface area contributed by atoms with Crippen LogP contribution >= 0.6 is 22.7 Å². The van der Waals surface area contributed by atoms with E-state index in [-0.39, 0.29) is 23.9 Å². The Balaban J connectivity index is 1.35. The lowest BCUT2D eigenvalue weighted by Gasteiger charge is -2.23. The molecule has 1 atom stereocenters. The molecule has 4 heterocycles. The van der Waals surface area contributed by atoms with Crippen molar-refractivity contribution in [2.24, 2.45) is 0 Å². The number of aromatic nitrogens is 3. The number of benzene rings is 1. The molecule has 6 nitrogen and oxygen atoms in total. The zero-order chi connectivity index (χ0) is 20.8. The zero-order valence-corrected chi connectivity index (χ0v) is 18.6. The van der Waals surface area contributed by atoms with E-state index in [1.54, 1.807) is 33.6 Å². The van der Waals surface area contributed by atoms with Gasteiger partial charge in [0.2, 0.25) is 5.91 Å². The molecule has 154 valence electrons. The van der Waals surface area contributed by atoms with Gasteiger partial charge in [0, 0.05) is 24.4 Å². The van der Waals surface area contributed by atoms with Gasteiger partial charge >= 0.3 is 0 Å². The summed E-state index contributed by atoms with van der Waals surface area (Å²) < 4.78 is 2.72. The van der Waals surface area contributed by atoms with Crippen molar-refractivity contribution in [1.29, 1.82) is 0 Å². The normalized spacial score (nSPS) is 16.7. The van der Waals surface area contributed by atoms with Crippen LogP contribution < -0.4 is 5.56 Å². The Hall–Kier alpha value is -2.58. The molecule has 5 rings (SSSR count). The second-order valence-corrected chi connectivity index (χ2v) is 9.99. The summed E-state index contributed by atoms with van der Waals surface area (Å²) in [7, 11) is 0. The predicted molar refractivity (Wildman–Crippen MR) is 121 cm³/mol. The van der Waals surface area contributed by atoms with Gasteiger partial charge in [0.05, 0.1) is 28.0 Å². The van der Waals surface area contributed by atoms with Gasteiger partial charge in [-0.1, -0.05) is 12.1 Å². The van der Waals surface area contributed by atoms with E-state index in [1.165, 1.54) is 0 Å². The van der Waals surface area contributed by atoms with Crippen molar-refractivity contribution in [3.63, 3.8) is 0 Å². The number of fused-ring (bicyclic) bond motifs is 2. The van der Waals surface area contributed by atoms with Crippen LogP contribution in [0.4, 0.5) is 0 Å². The van der Waals surface area contributed by atoms with E-state index >= 15 is 0 Å². The van der Waals surface area contributed by atoms with Crippen molar-refractivity contribution < 1.29 is 4.79 Å². The average Bonchev–Trinajstić information content (AvgIpc) is 3.45. The first-order valence-electron chi connectivity index (χ1n) is 10.1. The molecule has 8 heteroatoms. The molecule has 1 aliphatic rings. The van der Waals surface area contributed by atoms with Crippen LogP contribution in [-0.2, 0) is 11.3 Å². The Morgan fingerprint density at radius 3 is 2.90 bits per heavy atom. The second kappa shape index (κ2) is 7.59. The van der Waals surface area contributed by atoms with Crippen molar-refractivity contribution in [2.45, 2.75) is 45.7 Å². The van der Waals surface area contributed by atoms with Crippen LogP contribution in [-0.4, -0.2) is 31.9 Å². The van der Waals surface area contributed by atoms with Gasteiger partial charge in [0.25, 0.3) is 5.56 Å². The van der Waals surface area contributed by atoms with Crippen LogP contribution in [0.3, 0.4) is 0 Å². The minimum absolute atomic E-state index is 0.0361. The summed E-state index contributed by atoms with van der Waals surface area (Å²) >= 11 is 3.21. The highest BCUT2D eigenvalue weighted by atomic mass is 32.1. The molecule has 0 unspecified atom stereocenters. The summed E-state index contributed by atoms with van der Waals surface area (Å²) in [4.78, 5) is 38.9. The number of aryl methyl sites for hydroxylation is 3. The predicted octanol–water partition coefficient (Wildman–Crippen LogP) is 4.44. The number of para-hydroxylation sites is 1. The quantitative estimate of drug-likeness (QED) is 0.472. The SMILES string of the molecule is Cc1sc2ncn(CCC(=O)N3CCC[C@H]3c3nc4ccccc4s3)c(=O)c2c1C. The molecule has 0 spiro atoms. The number of likely N-dealkylation sites (tertiary alicyclic amines) is 1. The molecule has 1 aromatic carbocycles. The van der Waals surface area contributed by atoms with Crippen LogP contribution in [0.15, 0.2) is 35.4 Å². The van der Waals surface area contributed by atoms with E-state index in [1.807, 2.05) is 36.9 Å². The first-order valence-corrected chi connectivity index (χ1v) is 11.8. The summed E-state index contributed by atoms with van der Waals surface area (Å²) in [6.45, 7) is 5.05. The van der Waals surface area contributed by atoms with Gasteiger partial charge < -0.3 is 4.90 Å². The largest absolute Gasteiger partial charge is 0.333 e. The third-order valence-corrected chi connectivity index (χ3v) is 8.14. The number of rotatable bonds is 4. The summed E-state index contributed by atoms with van der Waals surface area (Å²) in [6, 6.07) is 8.12. The number of amides is 1. The van der Waals surface area contributed by atoms with Gasteiger partial charge in [-0.2, -0.15) is 0 Å². The molecule has 1 amide bonds. The van der Waals surface area contributed by atoms with E-state index < -0.39 is 0 Å². The van der Waals surface area contributed by atoms with Gasteiger partial charge in [-0.05, 0) is 44.4 Å². The molecule has 0 aliphatic carbocycles. The standard InChI is InChI=1S/C22H22N4O2S2/c1-13-14(2)29-21-19(13)22(28)25(12-23-21)11-9-18(27)26-10-5-7-16(26)20-24-15-6-3-4-8-17(15)30-20/h3-4,6,8,12,16H,5,7,9-11H2,1-2H3/t16-/m0/s1. The summed E-state index contributed by atoms with van der Waals surface area (Å²) in [6.07, 6.45) is 3.78. The Kier molecular flexibility index (Phi) is 4.91. The fourth-order valence-corrected chi connectivity index (χ4v) is 6.25. The molecule has 4 aromatic rings. The topological polar surface area (TPSA) is 68.1 Å². The van der Waals surface area contributed by atoms with Crippen molar-refractivity contribution in [1.82, 2.24) is 19.4 Å². The van der Waals surface area contributed by atoms with E-state index in [4.69, 9.17) is 4.98 Å². The van der Waals surface area contributed by atoms with Gasteiger partial charge in [-0.25, -0.2) is 9.97 Å². The summed E-state index contributed by atoms with van der Waals surface area (Å²) in [5, 5.41) is 1.69. The number of thiophene rings is 1. The van der Waals surface area contributed by atoms with Crippen molar-refractivity contribution in [3.05, 3.63) is 56.4 Å². The van der Waals surface area contributed by atoms with Crippen LogP contribution in [0, 0.1) is 13.8 Å². The van der Waals surface area contributed by atoms with Crippen LogP contribution in [0.2, 0.25) is 0 Å². The monoisotopic (exact) mass is 438 g/mol. The lowest BCUT2D eigenvalue weighted by atomic mass is 10.2. The molecule has 0 bridgehead atoms. The van der Waals surface area contributed by atoms with E-state index in [0.717, 1.165) is 49.9 Å². The number of hydrogen-bond donors (Lipinski definition) is 0. The third-order valence-electron chi connectivity index (χ3n) is 5.89. The zero-order valence-electron chi connectivity index (χ0n) is 16.9. The summed E-state index contributed by atoms with van der Waals surface area (Å²) in [5.41, 5.74) is 1.92. The van der Waals surface area contributed by atoms with Crippen LogP contribution in [0.1, 0.15) is 40.8 Å². The molecule has 30 heavy (non-hydrogen) atoms. The van der Waals surface area contributed by atoms with E-state index in [9.17, 15) is 9.59 Å². The maximum absolute atomic E-state index is 13.0. The average molecular weight is 439 g/mol. The molecule has 0 saturated carbocycles. The molecule has 1 fully saturated rings. The van der Waals surface area contributed by atoms with Gasteiger partial charge in [-0.3, -0.25) is 14.2 Å². The Morgan fingerprint density at radius 1 is 1.23 bits per heavy atom.